The first-order valence-electron chi connectivity index (χ1n) is 9.67. The van der Waals surface area contributed by atoms with Crippen molar-refractivity contribution < 1.29 is 19.1 Å². The van der Waals surface area contributed by atoms with Gasteiger partial charge in [-0.15, -0.1) is 0 Å². The lowest BCUT2D eigenvalue weighted by Crippen LogP contribution is -2.41. The highest BCUT2D eigenvalue weighted by molar-refractivity contribution is 6.00. The van der Waals surface area contributed by atoms with E-state index < -0.39 is 11.8 Å². The second-order valence-corrected chi connectivity index (χ2v) is 7.48. The Morgan fingerprint density at radius 1 is 0.966 bits per heavy atom. The van der Waals surface area contributed by atoms with Crippen molar-refractivity contribution in [3.05, 3.63) is 59.7 Å². The van der Waals surface area contributed by atoms with E-state index in [0.717, 1.165) is 12.8 Å². The van der Waals surface area contributed by atoms with Gasteiger partial charge < -0.3 is 10.1 Å². The molecule has 0 aromatic heterocycles. The van der Waals surface area contributed by atoms with Gasteiger partial charge >= 0.3 is 0 Å². The molecule has 0 heterocycles. The highest BCUT2D eigenvalue weighted by atomic mass is 16.5. The first-order chi connectivity index (χ1) is 13.9. The summed E-state index contributed by atoms with van der Waals surface area (Å²) in [5.41, 5.74) is 6.17. The monoisotopic (exact) mass is 395 g/mol. The Morgan fingerprint density at radius 3 is 2.24 bits per heavy atom. The van der Waals surface area contributed by atoms with Gasteiger partial charge in [0.2, 0.25) is 5.91 Å². The van der Waals surface area contributed by atoms with Crippen molar-refractivity contribution >= 4 is 23.4 Å². The van der Waals surface area contributed by atoms with Crippen LogP contribution < -0.4 is 20.9 Å². The summed E-state index contributed by atoms with van der Waals surface area (Å²) in [5.74, 6) is 0.200. The molecule has 2 aromatic rings. The molecule has 0 atom stereocenters. The van der Waals surface area contributed by atoms with Crippen LogP contribution in [0, 0.1) is 11.8 Å². The number of ether oxygens (including phenoxy) is 1. The van der Waals surface area contributed by atoms with Crippen molar-refractivity contribution in [2.45, 2.75) is 26.7 Å². The van der Waals surface area contributed by atoms with Gasteiger partial charge in [-0.1, -0.05) is 19.9 Å². The largest absolute Gasteiger partial charge is 0.493 e. The Labute approximate surface area is 169 Å². The predicted octanol–water partition coefficient (Wildman–Crippen LogP) is 3.14. The van der Waals surface area contributed by atoms with Gasteiger partial charge in [-0.05, 0) is 61.2 Å². The normalized spacial score (nSPS) is 12.9. The molecule has 1 saturated carbocycles. The zero-order chi connectivity index (χ0) is 20.8. The molecule has 0 bridgehead atoms. The molecule has 3 amide bonds. The van der Waals surface area contributed by atoms with Crippen LogP contribution in [0.15, 0.2) is 48.5 Å². The van der Waals surface area contributed by atoms with Gasteiger partial charge in [-0.25, -0.2) is 0 Å². The van der Waals surface area contributed by atoms with Gasteiger partial charge in [0, 0.05) is 22.7 Å². The molecule has 0 aliphatic heterocycles. The zero-order valence-corrected chi connectivity index (χ0v) is 16.5. The summed E-state index contributed by atoms with van der Waals surface area (Å²) in [6.07, 6.45) is 1.86. The molecule has 29 heavy (non-hydrogen) atoms. The molecule has 0 spiro atoms. The minimum atomic E-state index is -0.453. The SMILES string of the molecule is CC(C)COc1cccc(C(=O)NNC(=O)c2ccc(NC(=O)C3CC3)cc2)c1. The number of carbonyl (C=O) groups excluding carboxylic acids is 3. The molecule has 0 radical (unpaired) electrons. The molecule has 0 unspecified atom stereocenters. The van der Waals surface area contributed by atoms with Crippen LogP contribution in [-0.2, 0) is 4.79 Å². The van der Waals surface area contributed by atoms with Gasteiger partial charge in [0.1, 0.15) is 5.75 Å². The predicted molar refractivity (Wildman–Crippen MR) is 110 cm³/mol. The summed E-state index contributed by atoms with van der Waals surface area (Å²) < 4.78 is 5.61. The van der Waals surface area contributed by atoms with E-state index in [2.05, 4.69) is 16.2 Å². The summed E-state index contributed by atoms with van der Waals surface area (Å²) in [7, 11) is 0. The second-order valence-electron chi connectivity index (χ2n) is 7.48. The van der Waals surface area contributed by atoms with Crippen molar-refractivity contribution in [3.63, 3.8) is 0 Å². The van der Waals surface area contributed by atoms with E-state index >= 15 is 0 Å². The number of nitrogens with one attached hydrogen (secondary N) is 3. The molecule has 1 aliphatic rings. The fourth-order valence-electron chi connectivity index (χ4n) is 2.54. The fourth-order valence-corrected chi connectivity index (χ4v) is 2.54. The molecule has 2 aromatic carbocycles. The van der Waals surface area contributed by atoms with Crippen LogP contribution in [0.5, 0.6) is 5.75 Å². The number of hydrogen-bond acceptors (Lipinski definition) is 4. The van der Waals surface area contributed by atoms with Crippen LogP contribution >= 0.6 is 0 Å². The Kier molecular flexibility index (Phi) is 6.49. The first kappa shape index (κ1) is 20.4. The topological polar surface area (TPSA) is 96.5 Å². The average Bonchev–Trinajstić information content (AvgIpc) is 3.56. The summed E-state index contributed by atoms with van der Waals surface area (Å²) in [6.45, 7) is 4.64. The van der Waals surface area contributed by atoms with Crippen molar-refractivity contribution in [1.29, 1.82) is 0 Å². The van der Waals surface area contributed by atoms with E-state index in [0.29, 0.717) is 35.1 Å². The molecule has 7 nitrogen and oxygen atoms in total. The van der Waals surface area contributed by atoms with Gasteiger partial charge in [-0.2, -0.15) is 0 Å². The summed E-state index contributed by atoms with van der Waals surface area (Å²) in [6, 6.07) is 13.3. The van der Waals surface area contributed by atoms with Crippen molar-refractivity contribution in [1.82, 2.24) is 10.9 Å². The third-order valence-corrected chi connectivity index (χ3v) is 4.33. The van der Waals surface area contributed by atoms with Crippen molar-refractivity contribution in [3.8, 4) is 5.75 Å². The minimum absolute atomic E-state index is 0.00840. The summed E-state index contributed by atoms with van der Waals surface area (Å²) in [4.78, 5) is 36.3. The van der Waals surface area contributed by atoms with Crippen LogP contribution in [0.2, 0.25) is 0 Å². The van der Waals surface area contributed by atoms with Crippen LogP contribution in [-0.4, -0.2) is 24.3 Å². The molecule has 0 saturated heterocycles. The first-order valence-corrected chi connectivity index (χ1v) is 9.67. The van der Waals surface area contributed by atoms with Crippen LogP contribution in [0.25, 0.3) is 0 Å². The maximum absolute atomic E-state index is 12.3. The minimum Gasteiger partial charge on any atom is -0.493 e. The standard InChI is InChI=1S/C22H25N3O4/c1-14(2)13-29-19-5-3-4-17(12-19)22(28)25-24-21(27)16-8-10-18(11-9-16)23-20(26)15-6-7-15/h3-5,8-12,14-15H,6-7,13H2,1-2H3,(H,23,26)(H,24,27)(H,25,28). The number of hydrazine groups is 1. The van der Waals surface area contributed by atoms with Gasteiger partial charge in [0.25, 0.3) is 11.8 Å². The number of anilines is 1. The van der Waals surface area contributed by atoms with Crippen molar-refractivity contribution in [2.24, 2.45) is 11.8 Å². The second kappa shape index (κ2) is 9.23. The Morgan fingerprint density at radius 2 is 1.62 bits per heavy atom. The van der Waals surface area contributed by atoms with Crippen LogP contribution in [0.4, 0.5) is 5.69 Å². The number of benzene rings is 2. The van der Waals surface area contributed by atoms with E-state index in [1.54, 1.807) is 48.5 Å². The highest BCUT2D eigenvalue weighted by Crippen LogP contribution is 2.30. The van der Waals surface area contributed by atoms with E-state index in [1.165, 1.54) is 0 Å². The molecular weight excluding hydrogens is 370 g/mol. The lowest BCUT2D eigenvalue weighted by molar-refractivity contribution is -0.117. The fraction of sp³-hybridized carbons (Fsp3) is 0.318. The average molecular weight is 395 g/mol. The lowest BCUT2D eigenvalue weighted by Gasteiger charge is -2.11. The maximum atomic E-state index is 12.3. The quantitative estimate of drug-likeness (QED) is 0.628. The van der Waals surface area contributed by atoms with E-state index in [9.17, 15) is 14.4 Å². The third kappa shape index (κ3) is 6.07. The van der Waals surface area contributed by atoms with Crippen LogP contribution in [0.3, 0.4) is 0 Å². The summed E-state index contributed by atoms with van der Waals surface area (Å²) in [5, 5.41) is 2.81. The molecule has 7 heteroatoms. The Balaban J connectivity index is 1.51. The van der Waals surface area contributed by atoms with E-state index in [1.807, 2.05) is 13.8 Å². The molecule has 152 valence electrons. The molecular formula is C22H25N3O4. The smallest absolute Gasteiger partial charge is 0.269 e. The van der Waals surface area contributed by atoms with Gasteiger partial charge in [0.15, 0.2) is 0 Å². The number of carbonyl (C=O) groups is 3. The van der Waals surface area contributed by atoms with Gasteiger partial charge in [-0.3, -0.25) is 25.2 Å². The van der Waals surface area contributed by atoms with E-state index in [-0.39, 0.29) is 11.8 Å². The Hall–Kier alpha value is -3.35. The molecule has 3 rings (SSSR count). The molecule has 3 N–H and O–H groups in total. The molecule has 1 fully saturated rings. The van der Waals surface area contributed by atoms with E-state index in [4.69, 9.17) is 4.74 Å². The number of hydrogen-bond donors (Lipinski definition) is 3. The third-order valence-electron chi connectivity index (χ3n) is 4.33. The van der Waals surface area contributed by atoms with Gasteiger partial charge in [0.05, 0.1) is 6.61 Å². The van der Waals surface area contributed by atoms with Crippen molar-refractivity contribution in [2.75, 3.05) is 11.9 Å². The maximum Gasteiger partial charge on any atom is 0.269 e. The number of rotatable bonds is 7. The Bertz CT molecular complexity index is 889. The highest BCUT2D eigenvalue weighted by Gasteiger charge is 2.29. The molecule has 1 aliphatic carbocycles. The zero-order valence-electron chi connectivity index (χ0n) is 16.5. The number of amides is 3. The van der Waals surface area contributed by atoms with Crippen LogP contribution in [0.1, 0.15) is 47.4 Å². The summed E-state index contributed by atoms with van der Waals surface area (Å²) >= 11 is 0. The lowest BCUT2D eigenvalue weighted by atomic mass is 10.2.